The van der Waals surface area contributed by atoms with Crippen LogP contribution in [-0.2, 0) is 14.3 Å². The van der Waals surface area contributed by atoms with E-state index in [-0.39, 0.29) is 41.5 Å². The number of piperidine rings is 1. The van der Waals surface area contributed by atoms with Crippen LogP contribution >= 0.6 is 0 Å². The quantitative estimate of drug-likeness (QED) is 0.752. The zero-order valence-electron chi connectivity index (χ0n) is 18.0. The number of ether oxygens (including phenoxy) is 2. The number of carbonyl (C=O) groups is 3. The first-order valence-corrected chi connectivity index (χ1v) is 11.6. The van der Waals surface area contributed by atoms with E-state index >= 15 is 0 Å². The molecular weight excluding hydrogens is 396 g/mol. The number of hydrogen-bond donors (Lipinski definition) is 1. The Morgan fingerprint density at radius 1 is 1.26 bits per heavy atom. The summed E-state index contributed by atoms with van der Waals surface area (Å²) in [7, 11) is 0. The summed E-state index contributed by atoms with van der Waals surface area (Å²) in [6.45, 7) is 3.33. The number of benzene rings is 1. The van der Waals surface area contributed by atoms with Gasteiger partial charge in [-0.15, -0.1) is 0 Å². The van der Waals surface area contributed by atoms with Crippen LogP contribution in [-0.4, -0.2) is 48.1 Å². The molecule has 4 fully saturated rings. The van der Waals surface area contributed by atoms with Gasteiger partial charge in [0.15, 0.2) is 5.72 Å². The van der Waals surface area contributed by atoms with Crippen molar-refractivity contribution in [2.75, 3.05) is 19.7 Å². The van der Waals surface area contributed by atoms with Gasteiger partial charge in [-0.3, -0.25) is 14.4 Å². The third-order valence-electron chi connectivity index (χ3n) is 7.64. The highest BCUT2D eigenvalue weighted by atomic mass is 16.5. The predicted octanol–water partition coefficient (Wildman–Crippen LogP) is 2.74. The van der Waals surface area contributed by atoms with Gasteiger partial charge in [-0.25, -0.2) is 0 Å². The molecule has 0 unspecified atom stereocenters. The molecule has 1 aromatic carbocycles. The minimum Gasteiger partial charge on any atom is -0.467 e. The molecule has 1 spiro atoms. The summed E-state index contributed by atoms with van der Waals surface area (Å²) >= 11 is 0. The van der Waals surface area contributed by atoms with Crippen LogP contribution in [0.25, 0.3) is 0 Å². The van der Waals surface area contributed by atoms with Crippen molar-refractivity contribution in [1.82, 2.24) is 10.2 Å². The van der Waals surface area contributed by atoms with Crippen molar-refractivity contribution in [3.05, 3.63) is 29.8 Å². The van der Waals surface area contributed by atoms with Crippen molar-refractivity contribution in [2.45, 2.75) is 51.2 Å². The lowest BCUT2D eigenvalue weighted by Gasteiger charge is -2.55. The van der Waals surface area contributed by atoms with Crippen LogP contribution in [0.3, 0.4) is 0 Å². The number of rotatable bonds is 3. The van der Waals surface area contributed by atoms with Gasteiger partial charge in [0.1, 0.15) is 5.75 Å². The number of esters is 1. The molecule has 2 aliphatic heterocycles. The van der Waals surface area contributed by atoms with E-state index in [0.717, 1.165) is 25.7 Å². The first kappa shape index (κ1) is 20.3. The number of para-hydroxylation sites is 1. The number of likely N-dealkylation sites (tertiary alicyclic amines) is 1. The van der Waals surface area contributed by atoms with E-state index < -0.39 is 5.72 Å². The fraction of sp³-hybridized carbons (Fsp3) is 0.625. The standard InChI is InChI=1S/C24H30N2O5/c1-2-30-23(29)16-6-5-11-26(14-16)22(28)19-12-17-10-9-15(19)13-24(17)25-21(27)18-7-3-4-8-20(18)31-24/h3-4,7-8,15-17,19H,2,5-6,9-14H2,1H3,(H,25,27)/t15-,16-,17+,19-,24+/m1/s1. The molecule has 31 heavy (non-hydrogen) atoms. The Labute approximate surface area is 182 Å². The van der Waals surface area contributed by atoms with Crippen molar-refractivity contribution >= 4 is 17.8 Å². The lowest BCUT2D eigenvalue weighted by molar-refractivity contribution is -0.159. The summed E-state index contributed by atoms with van der Waals surface area (Å²) < 4.78 is 11.6. The largest absolute Gasteiger partial charge is 0.467 e. The maximum atomic E-state index is 13.4. The highest BCUT2D eigenvalue weighted by molar-refractivity contribution is 5.98. The fourth-order valence-corrected chi connectivity index (χ4v) is 6.13. The van der Waals surface area contributed by atoms with Crippen molar-refractivity contribution in [3.63, 3.8) is 0 Å². The molecule has 1 N–H and O–H groups in total. The minimum atomic E-state index is -0.708. The van der Waals surface area contributed by atoms with Crippen molar-refractivity contribution in [3.8, 4) is 5.75 Å². The normalized spacial score (nSPS) is 34.0. The molecular formula is C24H30N2O5. The van der Waals surface area contributed by atoms with Gasteiger partial charge < -0.3 is 19.7 Å². The molecule has 5 atom stereocenters. The molecule has 2 heterocycles. The third-order valence-corrected chi connectivity index (χ3v) is 7.64. The second-order valence-electron chi connectivity index (χ2n) is 9.40. The van der Waals surface area contributed by atoms with Crippen LogP contribution in [0.15, 0.2) is 24.3 Å². The lowest BCUT2D eigenvalue weighted by atomic mass is 9.59. The number of hydrogen-bond acceptors (Lipinski definition) is 5. The molecule has 2 amide bonds. The van der Waals surface area contributed by atoms with Crippen LogP contribution in [0.4, 0.5) is 0 Å². The second kappa shape index (κ2) is 7.84. The number of fused-ring (bicyclic) bond motifs is 3. The molecule has 166 valence electrons. The van der Waals surface area contributed by atoms with Crippen LogP contribution in [0.5, 0.6) is 5.75 Å². The Balaban J connectivity index is 1.30. The molecule has 6 rings (SSSR count). The highest BCUT2D eigenvalue weighted by Gasteiger charge is 2.57. The zero-order chi connectivity index (χ0) is 21.6. The van der Waals surface area contributed by atoms with E-state index in [9.17, 15) is 14.4 Å². The summed E-state index contributed by atoms with van der Waals surface area (Å²) in [4.78, 5) is 40.3. The van der Waals surface area contributed by atoms with Crippen LogP contribution in [0.2, 0.25) is 0 Å². The Hall–Kier alpha value is -2.57. The predicted molar refractivity (Wildman–Crippen MR) is 112 cm³/mol. The van der Waals surface area contributed by atoms with E-state index in [1.54, 1.807) is 6.07 Å². The fourth-order valence-electron chi connectivity index (χ4n) is 6.13. The van der Waals surface area contributed by atoms with Crippen molar-refractivity contribution < 1.29 is 23.9 Å². The monoisotopic (exact) mass is 426 g/mol. The Bertz CT molecular complexity index is 902. The summed E-state index contributed by atoms with van der Waals surface area (Å²) in [6, 6.07) is 7.35. The maximum Gasteiger partial charge on any atom is 0.310 e. The van der Waals surface area contributed by atoms with Crippen molar-refractivity contribution in [2.24, 2.45) is 23.7 Å². The van der Waals surface area contributed by atoms with Gasteiger partial charge in [0.2, 0.25) is 5.91 Å². The highest BCUT2D eigenvalue weighted by Crippen LogP contribution is 2.53. The Morgan fingerprint density at radius 3 is 2.87 bits per heavy atom. The number of carbonyl (C=O) groups excluding carboxylic acids is 3. The molecule has 1 aromatic rings. The number of nitrogens with zero attached hydrogens (tertiary/aromatic N) is 1. The third kappa shape index (κ3) is 3.48. The van der Waals surface area contributed by atoms with E-state index in [1.807, 2.05) is 30.0 Å². The second-order valence-corrected chi connectivity index (χ2v) is 9.40. The average molecular weight is 427 g/mol. The van der Waals surface area contributed by atoms with Gasteiger partial charge in [0.25, 0.3) is 5.91 Å². The van der Waals surface area contributed by atoms with Crippen molar-refractivity contribution in [1.29, 1.82) is 0 Å². The van der Waals surface area contributed by atoms with Crippen LogP contribution in [0.1, 0.15) is 55.8 Å². The van der Waals surface area contributed by atoms with Gasteiger partial charge in [0, 0.05) is 31.3 Å². The zero-order valence-corrected chi connectivity index (χ0v) is 18.0. The molecule has 0 radical (unpaired) electrons. The smallest absolute Gasteiger partial charge is 0.310 e. The summed E-state index contributed by atoms with van der Waals surface area (Å²) in [5, 5.41) is 3.15. The number of nitrogens with one attached hydrogen (secondary N) is 1. The van der Waals surface area contributed by atoms with Gasteiger partial charge in [-0.05, 0) is 57.1 Å². The maximum absolute atomic E-state index is 13.4. The Morgan fingerprint density at radius 2 is 2.10 bits per heavy atom. The van der Waals surface area contributed by atoms with Gasteiger partial charge in [-0.1, -0.05) is 12.1 Å². The summed E-state index contributed by atoms with van der Waals surface area (Å²) in [5.74, 6) is 0.494. The molecule has 1 saturated heterocycles. The molecule has 5 aliphatic rings. The first-order valence-electron chi connectivity index (χ1n) is 11.6. The summed E-state index contributed by atoms with van der Waals surface area (Å²) in [5.41, 5.74) is -0.138. The molecule has 7 nitrogen and oxygen atoms in total. The lowest BCUT2D eigenvalue weighted by Crippen LogP contribution is -2.67. The molecule has 3 aliphatic carbocycles. The molecule has 3 saturated carbocycles. The SMILES string of the molecule is CCOC(=O)[C@@H]1CCCN(C(=O)[C@@H]2C[C@@H]3CC[C@@H]2C[C@@]32NC(=O)c3ccccc3O2)C1. The van der Waals surface area contributed by atoms with Gasteiger partial charge >= 0.3 is 5.97 Å². The van der Waals surface area contributed by atoms with E-state index in [2.05, 4.69) is 5.32 Å². The van der Waals surface area contributed by atoms with Gasteiger partial charge in [0.05, 0.1) is 18.1 Å². The molecule has 0 aromatic heterocycles. The van der Waals surface area contributed by atoms with Crippen LogP contribution < -0.4 is 10.1 Å². The van der Waals surface area contributed by atoms with E-state index in [0.29, 0.717) is 43.9 Å². The first-order chi connectivity index (χ1) is 15.0. The molecule has 7 heteroatoms. The molecule has 2 bridgehead atoms. The Kier molecular flexibility index (Phi) is 5.15. The van der Waals surface area contributed by atoms with E-state index in [4.69, 9.17) is 9.47 Å². The summed E-state index contributed by atoms with van der Waals surface area (Å²) in [6.07, 6.45) is 4.90. The van der Waals surface area contributed by atoms with Gasteiger partial charge in [-0.2, -0.15) is 0 Å². The van der Waals surface area contributed by atoms with Crippen LogP contribution in [0, 0.1) is 23.7 Å². The topological polar surface area (TPSA) is 84.9 Å². The van der Waals surface area contributed by atoms with E-state index in [1.165, 1.54) is 0 Å². The number of amides is 2. The minimum absolute atomic E-state index is 0.0667. The average Bonchev–Trinajstić information content (AvgIpc) is 2.79.